The Morgan fingerprint density at radius 2 is 0.889 bits per heavy atom. The first-order chi connectivity index (χ1) is 11.0. The molecule has 0 fully saturated rings. The molecule has 6 nitrogen and oxygen atoms in total. The van der Waals surface area contributed by atoms with E-state index in [0.29, 0.717) is 0 Å². The molecule has 0 N–H and O–H groups in total. The zero-order chi connectivity index (χ0) is 20.5. The van der Waals surface area contributed by atoms with Crippen molar-refractivity contribution in [1.82, 2.24) is 0 Å². The smallest absolute Gasteiger partial charge is 0.312 e. The summed E-state index contributed by atoms with van der Waals surface area (Å²) in [6, 6.07) is 0. The molecular weight excluding hydrogens is 445 g/mol. The van der Waals surface area contributed by atoms with E-state index in [1.54, 1.807) is 14.2 Å². The zero-order valence-corrected chi connectivity index (χ0v) is 25.1. The molecule has 0 aromatic rings. The summed E-state index contributed by atoms with van der Waals surface area (Å²) in [5.41, 5.74) is 0. The minimum atomic E-state index is -1.92. The van der Waals surface area contributed by atoms with Gasteiger partial charge < -0.3 is 25.3 Å². The minimum absolute atomic E-state index is 0. The summed E-state index contributed by atoms with van der Waals surface area (Å²) in [5.74, 6) is 0. The van der Waals surface area contributed by atoms with Crippen LogP contribution in [0.25, 0.3) is 0 Å². The Hall–Kier alpha value is 1.06. The van der Waals surface area contributed by atoms with Gasteiger partial charge in [-0.05, 0) is 72.0 Å². The van der Waals surface area contributed by atoms with Crippen LogP contribution in [0.1, 0.15) is 14.9 Å². The normalized spacial score (nSPS) is 14.4. The van der Waals surface area contributed by atoms with Crippen LogP contribution in [0.3, 0.4) is 0 Å². The molecule has 0 bridgehead atoms. The van der Waals surface area contributed by atoms with Gasteiger partial charge in [-0.15, -0.1) is 0 Å². The van der Waals surface area contributed by atoms with E-state index in [1.165, 1.54) is 0 Å². The second kappa shape index (κ2) is 15.8. The van der Waals surface area contributed by atoms with Crippen molar-refractivity contribution in [3.63, 3.8) is 0 Å². The molecule has 0 aliphatic rings. The highest BCUT2D eigenvalue weighted by Gasteiger charge is 2.33. The summed E-state index contributed by atoms with van der Waals surface area (Å²) >= 11 is 0. The summed E-state index contributed by atoms with van der Waals surface area (Å²) in [6.07, 6.45) is 0. The standard InChI is InChI=1S/C7H22O3Si3.C6H20O3Si3.2CH4/c1-8-11(2)9-13(6,7)10-12(3,4)5;1-7-11(4)9-12(5,6)8-10(2)3;;/h11H,1-7H3;10-11H,1-6H3;2*1H4. The van der Waals surface area contributed by atoms with Crippen LogP contribution in [0.5, 0.6) is 0 Å². The molecule has 170 valence electrons. The lowest BCUT2D eigenvalue weighted by molar-refractivity contribution is 0.303. The van der Waals surface area contributed by atoms with Crippen LogP contribution in [0.2, 0.25) is 72.0 Å². The van der Waals surface area contributed by atoms with Crippen molar-refractivity contribution in [2.75, 3.05) is 14.2 Å². The first-order valence-corrected chi connectivity index (χ1v) is 24.8. The molecule has 0 rings (SSSR count). The topological polar surface area (TPSA) is 55.4 Å². The van der Waals surface area contributed by atoms with Crippen molar-refractivity contribution in [2.45, 2.75) is 86.9 Å². The highest BCUT2D eigenvalue weighted by molar-refractivity contribution is 6.83. The van der Waals surface area contributed by atoms with E-state index in [2.05, 4.69) is 58.9 Å². The summed E-state index contributed by atoms with van der Waals surface area (Å²) in [5, 5.41) is 0. The Morgan fingerprint density at radius 1 is 0.556 bits per heavy atom. The summed E-state index contributed by atoms with van der Waals surface area (Å²) < 4.78 is 33.8. The maximum Gasteiger partial charge on any atom is 0.312 e. The van der Waals surface area contributed by atoms with Crippen LogP contribution in [-0.2, 0) is 25.3 Å². The molecule has 27 heavy (non-hydrogen) atoms. The van der Waals surface area contributed by atoms with Crippen LogP contribution >= 0.6 is 0 Å². The monoisotopic (exact) mass is 494 g/mol. The number of rotatable bonds is 10. The quantitative estimate of drug-likeness (QED) is 0.416. The van der Waals surface area contributed by atoms with Gasteiger partial charge in [0, 0.05) is 14.2 Å². The molecule has 0 aromatic heterocycles. The molecule has 0 spiro atoms. The van der Waals surface area contributed by atoms with Gasteiger partial charge in [0.05, 0.1) is 0 Å². The first-order valence-electron chi connectivity index (χ1n) is 8.83. The van der Waals surface area contributed by atoms with Crippen molar-refractivity contribution in [3.8, 4) is 0 Å². The fraction of sp³-hybridized carbons (Fsp3) is 1.00. The molecule has 2 atom stereocenters. The lowest BCUT2D eigenvalue weighted by Crippen LogP contribution is -2.47. The second-order valence-electron chi connectivity index (χ2n) is 8.02. The Morgan fingerprint density at radius 3 is 1.15 bits per heavy atom. The van der Waals surface area contributed by atoms with Gasteiger partial charge in [-0.2, -0.15) is 0 Å². The fourth-order valence-corrected chi connectivity index (χ4v) is 21.2. The lowest BCUT2D eigenvalue weighted by Gasteiger charge is -2.32. The Kier molecular flexibility index (Phi) is 20.8. The predicted molar refractivity (Wildman–Crippen MR) is 135 cm³/mol. The van der Waals surface area contributed by atoms with Crippen molar-refractivity contribution in [3.05, 3.63) is 0 Å². The largest absolute Gasteiger partial charge is 0.440 e. The highest BCUT2D eigenvalue weighted by atomic mass is 28.5. The molecule has 2 unspecified atom stereocenters. The fourth-order valence-electron chi connectivity index (χ4n) is 2.25. The lowest BCUT2D eigenvalue weighted by atomic mass is 11.8. The van der Waals surface area contributed by atoms with E-state index in [-0.39, 0.29) is 14.9 Å². The highest BCUT2D eigenvalue weighted by Crippen LogP contribution is 2.16. The van der Waals surface area contributed by atoms with E-state index in [9.17, 15) is 0 Å². The van der Waals surface area contributed by atoms with E-state index in [1.807, 2.05) is 13.1 Å². The van der Waals surface area contributed by atoms with E-state index in [0.717, 1.165) is 0 Å². The summed E-state index contributed by atoms with van der Waals surface area (Å²) in [6.45, 7) is 23.3. The van der Waals surface area contributed by atoms with Crippen LogP contribution in [0.15, 0.2) is 0 Å². The van der Waals surface area contributed by atoms with Crippen LogP contribution < -0.4 is 0 Å². The molecule has 0 heterocycles. The van der Waals surface area contributed by atoms with E-state index >= 15 is 0 Å². The molecule has 12 heteroatoms. The van der Waals surface area contributed by atoms with Gasteiger partial charge in [-0.3, -0.25) is 0 Å². The van der Waals surface area contributed by atoms with Gasteiger partial charge >= 0.3 is 35.7 Å². The molecule has 0 radical (unpaired) electrons. The Labute approximate surface area is 179 Å². The van der Waals surface area contributed by atoms with Crippen LogP contribution in [-0.4, -0.2) is 67.3 Å². The van der Waals surface area contributed by atoms with Crippen molar-refractivity contribution < 1.29 is 25.3 Å². The van der Waals surface area contributed by atoms with Crippen molar-refractivity contribution in [1.29, 1.82) is 0 Å². The summed E-state index contributed by atoms with van der Waals surface area (Å²) in [7, 11) is -5.64. The molecule has 0 aromatic carbocycles. The first kappa shape index (κ1) is 35.5. The molecular formula is C15H50O6Si6. The van der Waals surface area contributed by atoms with Crippen molar-refractivity contribution in [2.24, 2.45) is 0 Å². The third-order valence-electron chi connectivity index (χ3n) is 2.63. The maximum absolute atomic E-state index is 6.01. The van der Waals surface area contributed by atoms with E-state index in [4.69, 9.17) is 25.3 Å². The minimum Gasteiger partial charge on any atom is -0.440 e. The molecule has 0 amide bonds. The zero-order valence-electron chi connectivity index (χ0n) is 18.7. The number of hydrogen-bond acceptors (Lipinski definition) is 6. The average Bonchev–Trinajstić information content (AvgIpc) is 2.33. The summed E-state index contributed by atoms with van der Waals surface area (Å²) in [4.78, 5) is 0. The van der Waals surface area contributed by atoms with Crippen LogP contribution in [0, 0.1) is 0 Å². The SMILES string of the molecule is C.C.CO[SiH](C)O[Si](C)(C)O[SiH](C)C.CO[SiH](C)O[Si](C)(C)O[Si](C)(C)C. The molecule has 0 aliphatic carbocycles. The van der Waals surface area contributed by atoms with Gasteiger partial charge in [0.15, 0.2) is 17.4 Å². The Balaban J connectivity index is -0.000000183. The molecule has 0 saturated heterocycles. The third kappa shape index (κ3) is 25.0. The third-order valence-corrected chi connectivity index (χ3v) is 19.7. The van der Waals surface area contributed by atoms with Gasteiger partial charge in [-0.25, -0.2) is 0 Å². The van der Waals surface area contributed by atoms with Gasteiger partial charge in [0.25, 0.3) is 0 Å². The number of hydrogen-bond donors (Lipinski definition) is 0. The predicted octanol–water partition coefficient (Wildman–Crippen LogP) is 4.53. The van der Waals surface area contributed by atoms with E-state index < -0.39 is 53.0 Å². The van der Waals surface area contributed by atoms with Crippen LogP contribution in [0.4, 0.5) is 0 Å². The van der Waals surface area contributed by atoms with Gasteiger partial charge in [0.1, 0.15) is 0 Å². The molecule has 0 aliphatic heterocycles. The Bertz CT molecular complexity index is 352. The van der Waals surface area contributed by atoms with Gasteiger partial charge in [-0.1, -0.05) is 14.9 Å². The van der Waals surface area contributed by atoms with Crippen molar-refractivity contribution >= 4 is 53.0 Å². The second-order valence-corrected chi connectivity index (χ2v) is 26.8. The molecule has 0 saturated carbocycles. The average molecular weight is 495 g/mol. The maximum atomic E-state index is 6.01. The van der Waals surface area contributed by atoms with Gasteiger partial charge in [0.2, 0.25) is 0 Å².